The van der Waals surface area contributed by atoms with Gasteiger partial charge in [-0.2, -0.15) is 5.10 Å². The van der Waals surface area contributed by atoms with Crippen LogP contribution in [0.1, 0.15) is 15.2 Å². The van der Waals surface area contributed by atoms with Gasteiger partial charge in [0.25, 0.3) is 5.91 Å². The monoisotopic (exact) mass is 366 g/mol. The van der Waals surface area contributed by atoms with Crippen LogP contribution in [-0.2, 0) is 13.6 Å². The highest BCUT2D eigenvalue weighted by Crippen LogP contribution is 2.26. The maximum absolute atomic E-state index is 13.3. The van der Waals surface area contributed by atoms with Crippen LogP contribution in [0.2, 0.25) is 0 Å². The van der Waals surface area contributed by atoms with Crippen LogP contribution in [0.3, 0.4) is 0 Å². The molecule has 1 N–H and O–H groups in total. The van der Waals surface area contributed by atoms with E-state index in [2.05, 4.69) is 15.4 Å². The van der Waals surface area contributed by atoms with Gasteiger partial charge in [-0.3, -0.25) is 14.5 Å². The third kappa shape index (κ3) is 3.34. The first-order valence-corrected chi connectivity index (χ1v) is 8.80. The number of benzene rings is 1. The molecule has 0 aliphatic rings. The molecular weight excluding hydrogens is 351 g/mol. The number of halogens is 1. The smallest absolute Gasteiger partial charge is 0.261 e. The van der Waals surface area contributed by atoms with Gasteiger partial charge in [-0.25, -0.2) is 4.39 Å². The van der Waals surface area contributed by atoms with Crippen molar-refractivity contribution in [3.63, 3.8) is 0 Å². The predicted octanol–water partition coefficient (Wildman–Crippen LogP) is 3.77. The summed E-state index contributed by atoms with van der Waals surface area (Å²) in [6.45, 7) is 0.364. The number of hydrogen-bond acceptors (Lipinski definition) is 4. The lowest BCUT2D eigenvalue weighted by molar-refractivity contribution is 0.0955. The van der Waals surface area contributed by atoms with Crippen molar-refractivity contribution in [2.75, 3.05) is 0 Å². The van der Waals surface area contributed by atoms with E-state index in [0.717, 1.165) is 26.8 Å². The first-order valence-electron chi connectivity index (χ1n) is 7.99. The number of hydrogen-bond donors (Lipinski definition) is 1. The number of aryl methyl sites for hydroxylation is 1. The minimum absolute atomic E-state index is 0.182. The normalized spacial score (nSPS) is 11.0. The lowest BCUT2D eigenvalue weighted by Gasteiger charge is -2.05. The number of pyridine rings is 1. The Morgan fingerprint density at radius 3 is 2.88 bits per heavy atom. The Bertz CT molecular complexity index is 1100. The average Bonchev–Trinajstić information content (AvgIpc) is 3.25. The number of carbonyl (C=O) groups is 1. The first-order chi connectivity index (χ1) is 12.6. The van der Waals surface area contributed by atoms with E-state index >= 15 is 0 Å². The summed E-state index contributed by atoms with van der Waals surface area (Å²) in [7, 11) is 1.86. The number of thiophene rings is 1. The molecule has 4 aromatic rings. The third-order valence-corrected chi connectivity index (χ3v) is 5.10. The SMILES string of the molecule is Cn1cc(-c2cncc(CNC(=O)c3cc4cc(F)ccc4s3)c2)cn1. The highest BCUT2D eigenvalue weighted by Gasteiger charge is 2.11. The van der Waals surface area contributed by atoms with Crippen molar-refractivity contribution in [1.82, 2.24) is 20.1 Å². The molecule has 0 aliphatic heterocycles. The zero-order valence-electron chi connectivity index (χ0n) is 13.9. The topological polar surface area (TPSA) is 59.8 Å². The summed E-state index contributed by atoms with van der Waals surface area (Å²) in [4.78, 5) is 17.2. The van der Waals surface area contributed by atoms with Crippen molar-refractivity contribution >= 4 is 27.3 Å². The molecule has 0 radical (unpaired) electrons. The molecule has 7 heteroatoms. The molecule has 0 aliphatic carbocycles. The van der Waals surface area contributed by atoms with Crippen LogP contribution in [0.5, 0.6) is 0 Å². The van der Waals surface area contributed by atoms with Crippen LogP contribution < -0.4 is 5.32 Å². The zero-order chi connectivity index (χ0) is 18.1. The van der Waals surface area contributed by atoms with Crippen LogP contribution in [-0.4, -0.2) is 20.7 Å². The molecule has 0 fully saturated rings. The van der Waals surface area contributed by atoms with E-state index in [1.165, 1.54) is 23.5 Å². The Hall–Kier alpha value is -3.06. The average molecular weight is 366 g/mol. The number of aromatic nitrogens is 3. The van der Waals surface area contributed by atoms with E-state index in [4.69, 9.17) is 0 Å². The van der Waals surface area contributed by atoms with Crippen molar-refractivity contribution in [3.05, 3.63) is 71.4 Å². The molecular formula is C19H15FN4OS. The molecule has 0 saturated carbocycles. The lowest BCUT2D eigenvalue weighted by Crippen LogP contribution is -2.21. The molecule has 5 nitrogen and oxygen atoms in total. The number of nitrogens with zero attached hydrogens (tertiary/aromatic N) is 3. The molecule has 26 heavy (non-hydrogen) atoms. The third-order valence-electron chi connectivity index (χ3n) is 3.99. The van der Waals surface area contributed by atoms with Crippen molar-refractivity contribution < 1.29 is 9.18 Å². The number of rotatable bonds is 4. The second kappa shape index (κ2) is 6.68. The fourth-order valence-electron chi connectivity index (χ4n) is 2.71. The van der Waals surface area contributed by atoms with Gasteiger partial charge in [0.2, 0.25) is 0 Å². The fraction of sp³-hybridized carbons (Fsp3) is 0.105. The maximum Gasteiger partial charge on any atom is 0.261 e. The van der Waals surface area contributed by atoms with E-state index < -0.39 is 0 Å². The highest BCUT2D eigenvalue weighted by molar-refractivity contribution is 7.20. The van der Waals surface area contributed by atoms with Gasteiger partial charge in [0.05, 0.1) is 11.1 Å². The van der Waals surface area contributed by atoms with Crippen LogP contribution >= 0.6 is 11.3 Å². The van der Waals surface area contributed by atoms with Gasteiger partial charge in [-0.1, -0.05) is 0 Å². The summed E-state index contributed by atoms with van der Waals surface area (Å²) < 4.78 is 15.9. The Kier molecular flexibility index (Phi) is 4.22. The van der Waals surface area contributed by atoms with Crippen molar-refractivity contribution in [2.24, 2.45) is 7.05 Å². The Labute approximate surface area is 153 Å². The molecule has 0 atom stereocenters. The van der Waals surface area contributed by atoms with Crippen LogP contribution in [0.25, 0.3) is 21.2 Å². The van der Waals surface area contributed by atoms with Gasteiger partial charge < -0.3 is 5.32 Å². The van der Waals surface area contributed by atoms with E-state index in [0.29, 0.717) is 11.4 Å². The van der Waals surface area contributed by atoms with Gasteiger partial charge in [0, 0.05) is 48.0 Å². The van der Waals surface area contributed by atoms with Crippen molar-refractivity contribution in [2.45, 2.75) is 6.54 Å². The molecule has 0 unspecified atom stereocenters. The standard InChI is InChI=1S/C19H15FN4OS/c1-24-11-15(10-23-24)14-4-12(7-21-9-14)8-22-19(25)18-6-13-5-16(20)2-3-17(13)26-18/h2-7,9-11H,8H2,1H3,(H,22,25). The van der Waals surface area contributed by atoms with E-state index in [1.54, 1.807) is 35.4 Å². The zero-order valence-corrected chi connectivity index (χ0v) is 14.8. The second-order valence-corrected chi connectivity index (χ2v) is 7.04. The Morgan fingerprint density at radius 2 is 2.08 bits per heavy atom. The molecule has 0 saturated heterocycles. The minimum atomic E-state index is -0.305. The summed E-state index contributed by atoms with van der Waals surface area (Å²) in [5.74, 6) is -0.487. The molecule has 130 valence electrons. The predicted molar refractivity (Wildman–Crippen MR) is 99.4 cm³/mol. The summed E-state index contributed by atoms with van der Waals surface area (Å²) in [5, 5.41) is 7.79. The Morgan fingerprint density at radius 1 is 1.19 bits per heavy atom. The molecule has 3 heterocycles. The second-order valence-electron chi connectivity index (χ2n) is 5.96. The van der Waals surface area contributed by atoms with Crippen molar-refractivity contribution in [3.8, 4) is 11.1 Å². The van der Waals surface area contributed by atoms with Crippen LogP contribution in [0.15, 0.2) is 55.1 Å². The molecule has 1 amide bonds. The van der Waals surface area contributed by atoms with Gasteiger partial charge in [-0.05, 0) is 41.3 Å². The summed E-state index contributed by atoms with van der Waals surface area (Å²) in [6.07, 6.45) is 7.18. The number of carbonyl (C=O) groups excluding carboxylic acids is 1. The summed E-state index contributed by atoms with van der Waals surface area (Å²) in [5.41, 5.74) is 2.81. The van der Waals surface area contributed by atoms with Crippen molar-refractivity contribution in [1.29, 1.82) is 0 Å². The van der Waals surface area contributed by atoms with Gasteiger partial charge >= 0.3 is 0 Å². The van der Waals surface area contributed by atoms with E-state index in [-0.39, 0.29) is 11.7 Å². The highest BCUT2D eigenvalue weighted by atomic mass is 32.1. The Balaban J connectivity index is 1.48. The first kappa shape index (κ1) is 16.4. The molecule has 1 aromatic carbocycles. The van der Waals surface area contributed by atoms with Crippen LogP contribution in [0.4, 0.5) is 4.39 Å². The molecule has 3 aromatic heterocycles. The molecule has 4 rings (SSSR count). The van der Waals surface area contributed by atoms with Gasteiger partial charge in [0.1, 0.15) is 5.82 Å². The number of amides is 1. The molecule has 0 bridgehead atoms. The van der Waals surface area contributed by atoms with E-state index in [1.807, 2.05) is 19.3 Å². The lowest BCUT2D eigenvalue weighted by atomic mass is 10.1. The fourth-order valence-corrected chi connectivity index (χ4v) is 3.67. The number of fused-ring (bicyclic) bond motifs is 1. The minimum Gasteiger partial charge on any atom is -0.347 e. The summed E-state index contributed by atoms with van der Waals surface area (Å²) >= 11 is 1.35. The van der Waals surface area contributed by atoms with Gasteiger partial charge in [0.15, 0.2) is 0 Å². The quantitative estimate of drug-likeness (QED) is 0.598. The van der Waals surface area contributed by atoms with Crippen LogP contribution in [0, 0.1) is 5.82 Å². The number of nitrogens with one attached hydrogen (secondary N) is 1. The van der Waals surface area contributed by atoms with E-state index in [9.17, 15) is 9.18 Å². The van der Waals surface area contributed by atoms with Gasteiger partial charge in [-0.15, -0.1) is 11.3 Å². The maximum atomic E-state index is 13.3. The molecule has 0 spiro atoms. The summed E-state index contributed by atoms with van der Waals surface area (Å²) in [6, 6.07) is 8.21. The largest absolute Gasteiger partial charge is 0.347 e.